The zero-order chi connectivity index (χ0) is 12.5. The number of carbonyl (C=O) groups is 1. The van der Waals surface area contributed by atoms with Crippen molar-refractivity contribution in [3.63, 3.8) is 0 Å². The van der Waals surface area contributed by atoms with Gasteiger partial charge in [0.1, 0.15) is 5.75 Å². The average Bonchev–Trinajstić information content (AvgIpc) is 2.39. The number of rotatable bonds is 1. The topological polar surface area (TPSA) is 49.8 Å². The molecule has 1 saturated heterocycles. The number of carbonyl (C=O) groups excluding carboxylic acids is 1. The van der Waals surface area contributed by atoms with E-state index in [2.05, 4.69) is 0 Å². The van der Waals surface area contributed by atoms with Crippen LogP contribution in [0.3, 0.4) is 0 Å². The number of benzene rings is 1. The number of piperidine rings is 1. The van der Waals surface area contributed by atoms with Gasteiger partial charge in [0.05, 0.1) is 0 Å². The molecule has 1 atom stereocenters. The fourth-order valence-corrected chi connectivity index (χ4v) is 2.42. The van der Waals surface area contributed by atoms with E-state index in [0.29, 0.717) is 18.7 Å². The standard InChI is InChI=1S/C14H15NO3/c16-11-9-10-5-1-2-6-12(10)18-14(11)15-8-4-3-7-13(15)17/h1-2,5-6,9,14,16H,3-4,7-8H2. The maximum Gasteiger partial charge on any atom is 0.232 e. The molecule has 94 valence electrons. The van der Waals surface area contributed by atoms with E-state index in [0.717, 1.165) is 18.4 Å². The van der Waals surface area contributed by atoms with Crippen LogP contribution >= 0.6 is 0 Å². The normalized spacial score (nSPS) is 23.1. The molecule has 4 heteroatoms. The maximum absolute atomic E-state index is 11.9. The van der Waals surface area contributed by atoms with Crippen molar-refractivity contribution in [2.45, 2.75) is 25.5 Å². The molecule has 1 aromatic carbocycles. The lowest BCUT2D eigenvalue weighted by Crippen LogP contribution is -2.48. The molecular weight excluding hydrogens is 230 g/mol. The van der Waals surface area contributed by atoms with Crippen molar-refractivity contribution in [2.24, 2.45) is 0 Å². The van der Waals surface area contributed by atoms with Crippen molar-refractivity contribution in [2.75, 3.05) is 6.54 Å². The highest BCUT2D eigenvalue weighted by atomic mass is 16.5. The van der Waals surface area contributed by atoms with Gasteiger partial charge >= 0.3 is 0 Å². The summed E-state index contributed by atoms with van der Waals surface area (Å²) in [5.74, 6) is 0.855. The molecule has 1 unspecified atom stereocenters. The van der Waals surface area contributed by atoms with E-state index in [1.54, 1.807) is 11.0 Å². The van der Waals surface area contributed by atoms with Gasteiger partial charge in [-0.3, -0.25) is 4.79 Å². The van der Waals surface area contributed by atoms with Gasteiger partial charge in [0, 0.05) is 18.5 Å². The van der Waals surface area contributed by atoms with Crippen molar-refractivity contribution < 1.29 is 14.6 Å². The van der Waals surface area contributed by atoms with Gasteiger partial charge in [0.15, 0.2) is 5.76 Å². The fraction of sp³-hybridized carbons (Fsp3) is 0.357. The second-order valence-electron chi connectivity index (χ2n) is 4.62. The third-order valence-electron chi connectivity index (χ3n) is 3.36. The van der Waals surface area contributed by atoms with Crippen LogP contribution < -0.4 is 4.74 Å². The molecule has 1 N–H and O–H groups in total. The summed E-state index contributed by atoms with van der Waals surface area (Å²) in [5, 5.41) is 10.0. The average molecular weight is 245 g/mol. The van der Waals surface area contributed by atoms with Crippen LogP contribution in [0.4, 0.5) is 0 Å². The highest BCUT2D eigenvalue weighted by Gasteiger charge is 2.32. The van der Waals surface area contributed by atoms with Crippen molar-refractivity contribution in [3.05, 3.63) is 35.6 Å². The van der Waals surface area contributed by atoms with E-state index in [1.165, 1.54) is 0 Å². The molecule has 0 aromatic heterocycles. The fourth-order valence-electron chi connectivity index (χ4n) is 2.42. The molecule has 0 bridgehead atoms. The van der Waals surface area contributed by atoms with E-state index in [4.69, 9.17) is 4.74 Å². The molecule has 0 radical (unpaired) electrons. The van der Waals surface area contributed by atoms with Gasteiger partial charge in [0.2, 0.25) is 12.1 Å². The molecule has 0 saturated carbocycles. The van der Waals surface area contributed by atoms with Gasteiger partial charge in [-0.15, -0.1) is 0 Å². The highest BCUT2D eigenvalue weighted by Crippen LogP contribution is 2.30. The lowest BCUT2D eigenvalue weighted by molar-refractivity contribution is -0.141. The molecule has 0 spiro atoms. The molecule has 1 aromatic rings. The van der Waals surface area contributed by atoms with Gasteiger partial charge in [-0.05, 0) is 25.0 Å². The summed E-state index contributed by atoms with van der Waals surface area (Å²) in [7, 11) is 0. The SMILES string of the molecule is O=C1CCCCN1C1Oc2ccccc2C=C1O. The number of likely N-dealkylation sites (tertiary alicyclic amines) is 1. The van der Waals surface area contributed by atoms with E-state index in [9.17, 15) is 9.90 Å². The third kappa shape index (κ3) is 1.83. The Morgan fingerprint density at radius 3 is 2.94 bits per heavy atom. The van der Waals surface area contributed by atoms with Gasteiger partial charge in [0.25, 0.3) is 0 Å². The van der Waals surface area contributed by atoms with Crippen LogP contribution in [-0.4, -0.2) is 28.7 Å². The summed E-state index contributed by atoms with van der Waals surface area (Å²) in [6, 6.07) is 7.49. The van der Waals surface area contributed by atoms with Crippen LogP contribution in [0, 0.1) is 0 Å². The van der Waals surface area contributed by atoms with Gasteiger partial charge in [-0.2, -0.15) is 0 Å². The summed E-state index contributed by atoms with van der Waals surface area (Å²) in [5.41, 5.74) is 0.843. The second kappa shape index (κ2) is 4.37. The second-order valence-corrected chi connectivity index (χ2v) is 4.62. The number of fused-ring (bicyclic) bond motifs is 1. The van der Waals surface area contributed by atoms with E-state index in [1.807, 2.05) is 24.3 Å². The predicted octanol–water partition coefficient (Wildman–Crippen LogP) is 2.32. The summed E-state index contributed by atoms with van der Waals surface area (Å²) < 4.78 is 5.74. The number of ether oxygens (including phenoxy) is 1. The summed E-state index contributed by atoms with van der Waals surface area (Å²) in [6.45, 7) is 0.642. The van der Waals surface area contributed by atoms with E-state index in [-0.39, 0.29) is 11.7 Å². The number of amides is 1. The first-order valence-electron chi connectivity index (χ1n) is 6.21. The summed E-state index contributed by atoms with van der Waals surface area (Å²) >= 11 is 0. The van der Waals surface area contributed by atoms with Crippen LogP contribution in [0.1, 0.15) is 24.8 Å². The van der Waals surface area contributed by atoms with Crippen LogP contribution in [0.2, 0.25) is 0 Å². The lowest BCUT2D eigenvalue weighted by atomic mass is 10.1. The monoisotopic (exact) mass is 245 g/mol. The zero-order valence-electron chi connectivity index (χ0n) is 10.0. The highest BCUT2D eigenvalue weighted by molar-refractivity contribution is 5.78. The Balaban J connectivity index is 1.90. The molecular formula is C14H15NO3. The molecule has 18 heavy (non-hydrogen) atoms. The van der Waals surface area contributed by atoms with Gasteiger partial charge in [-0.1, -0.05) is 18.2 Å². The Morgan fingerprint density at radius 1 is 1.28 bits per heavy atom. The first-order valence-corrected chi connectivity index (χ1v) is 6.21. The van der Waals surface area contributed by atoms with Crippen molar-refractivity contribution in [1.29, 1.82) is 0 Å². The summed E-state index contributed by atoms with van der Waals surface area (Å²) in [4.78, 5) is 13.5. The summed E-state index contributed by atoms with van der Waals surface area (Å²) in [6.07, 6.45) is 3.43. The van der Waals surface area contributed by atoms with Gasteiger partial charge in [-0.25, -0.2) is 0 Å². The predicted molar refractivity (Wildman–Crippen MR) is 67.0 cm³/mol. The van der Waals surface area contributed by atoms with Crippen LogP contribution in [0.25, 0.3) is 6.08 Å². The molecule has 1 amide bonds. The first kappa shape index (κ1) is 11.1. The van der Waals surface area contributed by atoms with Crippen molar-refractivity contribution >= 4 is 12.0 Å². The quantitative estimate of drug-likeness (QED) is 0.826. The molecule has 0 aliphatic carbocycles. The smallest absolute Gasteiger partial charge is 0.232 e. The minimum Gasteiger partial charge on any atom is -0.506 e. The molecule has 2 aliphatic heterocycles. The molecule has 3 rings (SSSR count). The number of aliphatic hydroxyl groups excluding tert-OH is 1. The molecule has 2 heterocycles. The largest absolute Gasteiger partial charge is 0.506 e. The van der Waals surface area contributed by atoms with Crippen LogP contribution in [-0.2, 0) is 4.79 Å². The molecule has 1 fully saturated rings. The number of nitrogens with zero attached hydrogens (tertiary/aromatic N) is 1. The Labute approximate surface area is 105 Å². The van der Waals surface area contributed by atoms with E-state index >= 15 is 0 Å². The Morgan fingerprint density at radius 2 is 2.11 bits per heavy atom. The van der Waals surface area contributed by atoms with Crippen LogP contribution in [0.5, 0.6) is 5.75 Å². The number of para-hydroxylation sites is 1. The Bertz CT molecular complexity index is 510. The van der Waals surface area contributed by atoms with Crippen LogP contribution in [0.15, 0.2) is 30.0 Å². The van der Waals surface area contributed by atoms with Crippen molar-refractivity contribution in [1.82, 2.24) is 4.90 Å². The third-order valence-corrected chi connectivity index (χ3v) is 3.36. The minimum atomic E-state index is -0.660. The number of hydrogen-bond donors (Lipinski definition) is 1. The molecule has 2 aliphatic rings. The van der Waals surface area contributed by atoms with Gasteiger partial charge < -0.3 is 14.7 Å². The number of hydrogen-bond acceptors (Lipinski definition) is 3. The Hall–Kier alpha value is -1.97. The van der Waals surface area contributed by atoms with E-state index < -0.39 is 6.23 Å². The Kier molecular flexibility index (Phi) is 2.70. The zero-order valence-corrected chi connectivity index (χ0v) is 10.0. The van der Waals surface area contributed by atoms with Crippen molar-refractivity contribution in [3.8, 4) is 5.75 Å². The molecule has 4 nitrogen and oxygen atoms in total. The minimum absolute atomic E-state index is 0.0468. The lowest BCUT2D eigenvalue weighted by Gasteiger charge is -2.36. The number of aliphatic hydroxyl groups is 1. The first-order chi connectivity index (χ1) is 8.75. The maximum atomic E-state index is 11.9.